The summed E-state index contributed by atoms with van der Waals surface area (Å²) >= 11 is 1.10. The van der Waals surface area contributed by atoms with Crippen LogP contribution in [-0.4, -0.2) is 18.2 Å². The van der Waals surface area contributed by atoms with Crippen LogP contribution in [0.25, 0.3) is 0 Å². The highest BCUT2D eigenvalue weighted by atomic mass is 32.2. The fourth-order valence-corrected chi connectivity index (χ4v) is 2.94. The Hall–Kier alpha value is -2.55. The number of rotatable bonds is 6. The van der Waals surface area contributed by atoms with E-state index in [1.165, 1.54) is 31.5 Å². The van der Waals surface area contributed by atoms with E-state index in [2.05, 4.69) is 9.99 Å². The van der Waals surface area contributed by atoms with Crippen LogP contribution < -0.4 is 0 Å². The van der Waals surface area contributed by atoms with Crippen molar-refractivity contribution in [1.29, 1.82) is 0 Å². The SMILES string of the molecule is CO/N=C/c1ccc(SCc2cccc(C(F)(F)F)c2)c([N+](=O)[O-])c1. The first-order chi connectivity index (χ1) is 11.8. The molecule has 2 aromatic rings. The molecule has 0 bridgehead atoms. The van der Waals surface area contributed by atoms with Crippen molar-refractivity contribution in [2.24, 2.45) is 5.16 Å². The molecular weight excluding hydrogens is 357 g/mol. The van der Waals surface area contributed by atoms with Crippen molar-refractivity contribution in [3.05, 3.63) is 69.3 Å². The van der Waals surface area contributed by atoms with Crippen molar-refractivity contribution in [2.75, 3.05) is 7.11 Å². The second-order valence-corrected chi connectivity index (χ2v) is 5.91. The van der Waals surface area contributed by atoms with Gasteiger partial charge < -0.3 is 4.84 Å². The first-order valence-electron chi connectivity index (χ1n) is 6.95. The molecule has 0 aromatic heterocycles. The van der Waals surface area contributed by atoms with Gasteiger partial charge in [0.2, 0.25) is 0 Å². The second kappa shape index (κ2) is 8.02. The average Bonchev–Trinajstić information content (AvgIpc) is 2.58. The van der Waals surface area contributed by atoms with Gasteiger partial charge in [0.15, 0.2) is 0 Å². The highest BCUT2D eigenvalue weighted by Crippen LogP contribution is 2.34. The number of hydrogen-bond donors (Lipinski definition) is 0. The summed E-state index contributed by atoms with van der Waals surface area (Å²) in [4.78, 5) is 15.6. The molecule has 25 heavy (non-hydrogen) atoms. The topological polar surface area (TPSA) is 64.7 Å². The molecule has 9 heteroatoms. The molecule has 2 rings (SSSR count). The summed E-state index contributed by atoms with van der Waals surface area (Å²) in [5.74, 6) is 0.177. The van der Waals surface area contributed by atoms with Crippen molar-refractivity contribution in [1.82, 2.24) is 0 Å². The minimum absolute atomic E-state index is 0.142. The molecule has 0 amide bonds. The molecule has 5 nitrogen and oxygen atoms in total. The zero-order chi connectivity index (χ0) is 18.4. The number of hydrogen-bond acceptors (Lipinski definition) is 5. The number of oxime groups is 1. The van der Waals surface area contributed by atoms with Gasteiger partial charge in [-0.15, -0.1) is 11.8 Å². The number of benzene rings is 2. The molecule has 0 aliphatic rings. The number of nitro benzene ring substituents is 1. The van der Waals surface area contributed by atoms with Crippen molar-refractivity contribution >= 4 is 23.7 Å². The lowest BCUT2D eigenvalue weighted by Crippen LogP contribution is -2.04. The molecular formula is C16H13F3N2O3S. The minimum Gasteiger partial charge on any atom is -0.399 e. The third-order valence-corrected chi connectivity index (χ3v) is 4.27. The molecule has 0 fully saturated rings. The van der Waals surface area contributed by atoms with Gasteiger partial charge in [-0.1, -0.05) is 29.4 Å². The van der Waals surface area contributed by atoms with Crippen LogP contribution in [0.15, 0.2) is 52.5 Å². The van der Waals surface area contributed by atoms with Gasteiger partial charge in [0.1, 0.15) is 7.11 Å². The largest absolute Gasteiger partial charge is 0.416 e. The summed E-state index contributed by atoms with van der Waals surface area (Å²) < 4.78 is 38.2. The van der Waals surface area contributed by atoms with E-state index < -0.39 is 16.7 Å². The van der Waals surface area contributed by atoms with Gasteiger partial charge in [-0.3, -0.25) is 10.1 Å². The van der Waals surface area contributed by atoms with E-state index in [9.17, 15) is 23.3 Å². The molecule has 0 spiro atoms. The zero-order valence-electron chi connectivity index (χ0n) is 13.0. The highest BCUT2D eigenvalue weighted by Gasteiger charge is 2.30. The molecule has 0 aliphatic carbocycles. The molecule has 2 aromatic carbocycles. The molecule has 0 heterocycles. The molecule has 0 saturated carbocycles. The summed E-state index contributed by atoms with van der Waals surface area (Å²) in [7, 11) is 1.35. The Kier molecular flexibility index (Phi) is 6.02. The van der Waals surface area contributed by atoms with E-state index >= 15 is 0 Å². The maximum Gasteiger partial charge on any atom is 0.416 e. The van der Waals surface area contributed by atoms with Gasteiger partial charge in [-0.25, -0.2) is 0 Å². The predicted molar refractivity (Wildman–Crippen MR) is 88.7 cm³/mol. The van der Waals surface area contributed by atoms with E-state index in [1.807, 2.05) is 0 Å². The highest BCUT2D eigenvalue weighted by molar-refractivity contribution is 7.98. The van der Waals surface area contributed by atoms with Crippen LogP contribution in [0.3, 0.4) is 0 Å². The van der Waals surface area contributed by atoms with Crippen molar-refractivity contribution in [3.63, 3.8) is 0 Å². The third kappa shape index (κ3) is 5.21. The average molecular weight is 370 g/mol. The Labute approximate surface area is 145 Å². The summed E-state index contributed by atoms with van der Waals surface area (Å²) in [6.07, 6.45) is -3.09. The van der Waals surface area contributed by atoms with Crippen LogP contribution in [-0.2, 0) is 16.8 Å². The summed E-state index contributed by atoms with van der Waals surface area (Å²) in [6.45, 7) is 0. The Balaban J connectivity index is 2.20. The molecule has 0 saturated heterocycles. The van der Waals surface area contributed by atoms with E-state index in [-0.39, 0.29) is 11.4 Å². The van der Waals surface area contributed by atoms with Crippen molar-refractivity contribution in [2.45, 2.75) is 16.8 Å². The monoisotopic (exact) mass is 370 g/mol. The van der Waals surface area contributed by atoms with Crippen molar-refractivity contribution in [3.8, 4) is 0 Å². The van der Waals surface area contributed by atoms with Crippen LogP contribution in [0, 0.1) is 10.1 Å². The lowest BCUT2D eigenvalue weighted by Gasteiger charge is -2.09. The molecule has 0 radical (unpaired) electrons. The molecule has 0 atom stereocenters. The smallest absolute Gasteiger partial charge is 0.399 e. The van der Waals surface area contributed by atoms with Crippen LogP contribution in [0.5, 0.6) is 0 Å². The van der Waals surface area contributed by atoms with Crippen molar-refractivity contribution < 1.29 is 22.9 Å². The molecule has 0 aliphatic heterocycles. The lowest BCUT2D eigenvalue weighted by atomic mass is 10.1. The van der Waals surface area contributed by atoms with Gasteiger partial charge in [0.05, 0.1) is 21.6 Å². The summed E-state index contributed by atoms with van der Waals surface area (Å²) in [5, 5.41) is 14.7. The Morgan fingerprint density at radius 3 is 2.68 bits per heavy atom. The molecule has 0 N–H and O–H groups in total. The Morgan fingerprint density at radius 2 is 2.04 bits per heavy atom. The van der Waals surface area contributed by atoms with Crippen LogP contribution in [0.4, 0.5) is 18.9 Å². The van der Waals surface area contributed by atoms with E-state index in [4.69, 9.17) is 0 Å². The van der Waals surface area contributed by atoms with Crippen LogP contribution in [0.1, 0.15) is 16.7 Å². The minimum atomic E-state index is -4.42. The first kappa shape index (κ1) is 18.8. The molecule has 0 unspecified atom stereocenters. The Bertz CT molecular complexity index is 794. The number of thioether (sulfide) groups is 1. The van der Waals surface area contributed by atoms with Gasteiger partial charge in [-0.05, 0) is 17.7 Å². The number of nitro groups is 1. The van der Waals surface area contributed by atoms with Crippen LogP contribution >= 0.6 is 11.8 Å². The van der Waals surface area contributed by atoms with Gasteiger partial charge in [0.25, 0.3) is 5.69 Å². The number of alkyl halides is 3. The van der Waals surface area contributed by atoms with Gasteiger partial charge in [0, 0.05) is 17.4 Å². The predicted octanol–water partition coefficient (Wildman–Crippen LogP) is 4.89. The maximum absolute atomic E-state index is 12.7. The van der Waals surface area contributed by atoms with E-state index in [0.717, 1.165) is 23.9 Å². The second-order valence-electron chi connectivity index (χ2n) is 4.89. The summed E-state index contributed by atoms with van der Waals surface area (Å²) in [6, 6.07) is 9.37. The lowest BCUT2D eigenvalue weighted by molar-refractivity contribution is -0.387. The maximum atomic E-state index is 12.7. The fraction of sp³-hybridized carbons (Fsp3) is 0.188. The quantitative estimate of drug-likeness (QED) is 0.314. The van der Waals surface area contributed by atoms with E-state index in [0.29, 0.717) is 16.0 Å². The van der Waals surface area contributed by atoms with Gasteiger partial charge in [-0.2, -0.15) is 13.2 Å². The summed E-state index contributed by atoms with van der Waals surface area (Å²) in [5.41, 5.74) is 0.0272. The zero-order valence-corrected chi connectivity index (χ0v) is 13.8. The number of nitrogens with zero attached hydrogens (tertiary/aromatic N) is 2. The fourth-order valence-electron chi connectivity index (χ4n) is 1.99. The standard InChI is InChI=1S/C16H13F3N2O3S/c1-24-20-9-11-5-6-15(14(8-11)21(22)23)25-10-12-3-2-4-13(7-12)16(17,18)19/h2-9H,10H2,1H3/b20-9+. The Morgan fingerprint density at radius 1 is 1.28 bits per heavy atom. The van der Waals surface area contributed by atoms with Crippen LogP contribution in [0.2, 0.25) is 0 Å². The van der Waals surface area contributed by atoms with E-state index in [1.54, 1.807) is 12.1 Å². The third-order valence-electron chi connectivity index (χ3n) is 3.14. The molecule has 132 valence electrons. The normalized spacial score (nSPS) is 11.7. The number of halogens is 3. The first-order valence-corrected chi connectivity index (χ1v) is 7.93. The van der Waals surface area contributed by atoms with Gasteiger partial charge >= 0.3 is 6.18 Å².